The quantitative estimate of drug-likeness (QED) is 0.634. The van der Waals surface area contributed by atoms with Gasteiger partial charge in [0, 0.05) is 29.1 Å². The Morgan fingerprint density at radius 1 is 1.03 bits per heavy atom. The summed E-state index contributed by atoms with van der Waals surface area (Å²) in [6.45, 7) is 4.81. The highest BCUT2D eigenvalue weighted by molar-refractivity contribution is 6.02. The third-order valence-corrected chi connectivity index (χ3v) is 6.16. The molecule has 0 saturated heterocycles. The third kappa shape index (κ3) is 3.89. The van der Waals surface area contributed by atoms with E-state index in [1.165, 1.54) is 19.3 Å². The highest BCUT2D eigenvalue weighted by atomic mass is 16.2. The molecule has 1 fully saturated rings. The van der Waals surface area contributed by atoms with Gasteiger partial charge in [0.1, 0.15) is 11.5 Å². The number of hydrogen-bond donors (Lipinski definition) is 1. The van der Waals surface area contributed by atoms with Gasteiger partial charge in [0.2, 0.25) is 0 Å². The first-order valence-electron chi connectivity index (χ1n) is 11.1. The standard InChI is InChI=1S/C25H30N4O/c1-3-21-19(14-15-23(26)27-21)20-16-17-10-8-9-13-22(17)28-24(20)25(30)29(4-2)18-11-6-5-7-12-18/h8-10,13-16,18H,3-7,11-12H2,1-2H3,(H2,26,27). The zero-order valence-corrected chi connectivity index (χ0v) is 17.9. The molecule has 0 radical (unpaired) electrons. The van der Waals surface area contributed by atoms with Crippen LogP contribution in [-0.2, 0) is 6.42 Å². The molecule has 2 aromatic heterocycles. The van der Waals surface area contributed by atoms with Gasteiger partial charge in [-0.3, -0.25) is 4.79 Å². The Morgan fingerprint density at radius 3 is 2.53 bits per heavy atom. The van der Waals surface area contributed by atoms with E-state index >= 15 is 0 Å². The maximum atomic E-state index is 13.8. The van der Waals surface area contributed by atoms with Crippen molar-refractivity contribution in [3.63, 3.8) is 0 Å². The van der Waals surface area contributed by atoms with Crippen molar-refractivity contribution in [3.05, 3.63) is 53.9 Å². The van der Waals surface area contributed by atoms with Crippen molar-refractivity contribution >= 4 is 22.6 Å². The first-order chi connectivity index (χ1) is 14.6. The molecule has 0 atom stereocenters. The number of carbonyl (C=O) groups is 1. The summed E-state index contributed by atoms with van der Waals surface area (Å²) in [4.78, 5) is 25.2. The molecule has 0 spiro atoms. The van der Waals surface area contributed by atoms with Gasteiger partial charge in [-0.15, -0.1) is 0 Å². The fourth-order valence-corrected chi connectivity index (χ4v) is 4.61. The third-order valence-electron chi connectivity index (χ3n) is 6.16. The van der Waals surface area contributed by atoms with Crippen LogP contribution in [0.1, 0.15) is 62.1 Å². The smallest absolute Gasteiger partial charge is 0.273 e. The van der Waals surface area contributed by atoms with E-state index in [1.54, 1.807) is 6.07 Å². The second kappa shape index (κ2) is 8.82. The lowest BCUT2D eigenvalue weighted by Crippen LogP contribution is -2.41. The van der Waals surface area contributed by atoms with Gasteiger partial charge >= 0.3 is 0 Å². The number of benzene rings is 1. The maximum Gasteiger partial charge on any atom is 0.273 e. The molecular formula is C25H30N4O. The number of aryl methyl sites for hydroxylation is 1. The van der Waals surface area contributed by atoms with E-state index in [1.807, 2.05) is 35.2 Å². The summed E-state index contributed by atoms with van der Waals surface area (Å²) in [7, 11) is 0. The number of anilines is 1. The Hall–Kier alpha value is -2.95. The van der Waals surface area contributed by atoms with Gasteiger partial charge in [0.25, 0.3) is 5.91 Å². The molecule has 30 heavy (non-hydrogen) atoms. The van der Waals surface area contributed by atoms with E-state index in [4.69, 9.17) is 10.7 Å². The minimum atomic E-state index is 0.0176. The van der Waals surface area contributed by atoms with Crippen LogP contribution in [0.2, 0.25) is 0 Å². The summed E-state index contributed by atoms with van der Waals surface area (Å²) in [5, 5.41) is 1.02. The zero-order valence-electron chi connectivity index (χ0n) is 17.9. The van der Waals surface area contributed by atoms with Gasteiger partial charge in [-0.1, -0.05) is 44.4 Å². The first-order valence-corrected chi connectivity index (χ1v) is 11.1. The fourth-order valence-electron chi connectivity index (χ4n) is 4.61. The number of nitrogens with zero attached hydrogens (tertiary/aromatic N) is 3. The van der Waals surface area contributed by atoms with Crippen molar-refractivity contribution in [2.45, 2.75) is 58.4 Å². The van der Waals surface area contributed by atoms with Gasteiger partial charge in [-0.25, -0.2) is 9.97 Å². The average Bonchev–Trinajstić information content (AvgIpc) is 2.79. The number of nitrogens with two attached hydrogens (primary N) is 1. The maximum absolute atomic E-state index is 13.8. The molecule has 1 aliphatic rings. The summed E-state index contributed by atoms with van der Waals surface area (Å²) < 4.78 is 0. The van der Waals surface area contributed by atoms with E-state index in [0.717, 1.165) is 47.0 Å². The Morgan fingerprint density at radius 2 is 1.80 bits per heavy atom. The van der Waals surface area contributed by atoms with E-state index < -0.39 is 0 Å². The minimum Gasteiger partial charge on any atom is -0.384 e. The van der Waals surface area contributed by atoms with Gasteiger partial charge < -0.3 is 10.6 Å². The SMILES string of the molecule is CCc1nc(N)ccc1-c1cc2ccccc2nc1C(=O)N(CC)C1CCCCC1. The van der Waals surface area contributed by atoms with Crippen LogP contribution in [0.3, 0.4) is 0 Å². The van der Waals surface area contributed by atoms with Crippen LogP contribution < -0.4 is 5.73 Å². The van der Waals surface area contributed by atoms with E-state index in [-0.39, 0.29) is 5.91 Å². The van der Waals surface area contributed by atoms with Crippen LogP contribution in [0.4, 0.5) is 5.82 Å². The minimum absolute atomic E-state index is 0.0176. The van der Waals surface area contributed by atoms with Crippen molar-refractivity contribution < 1.29 is 4.79 Å². The second-order valence-corrected chi connectivity index (χ2v) is 8.04. The van der Waals surface area contributed by atoms with Crippen molar-refractivity contribution in [2.75, 3.05) is 12.3 Å². The summed E-state index contributed by atoms with van der Waals surface area (Å²) in [5.74, 6) is 0.513. The number of aromatic nitrogens is 2. The molecule has 4 rings (SSSR count). The molecule has 2 N–H and O–H groups in total. The summed E-state index contributed by atoms with van der Waals surface area (Å²) >= 11 is 0. The van der Waals surface area contributed by atoms with Gasteiger partial charge in [-0.2, -0.15) is 0 Å². The number of amides is 1. The number of hydrogen-bond acceptors (Lipinski definition) is 4. The number of fused-ring (bicyclic) bond motifs is 1. The van der Waals surface area contributed by atoms with Crippen LogP contribution in [0.5, 0.6) is 0 Å². The molecule has 1 aromatic carbocycles. The molecule has 1 amide bonds. The van der Waals surface area contributed by atoms with Gasteiger partial charge in [0.05, 0.1) is 11.2 Å². The molecule has 156 valence electrons. The highest BCUT2D eigenvalue weighted by Gasteiger charge is 2.28. The number of pyridine rings is 2. The number of nitrogen functional groups attached to an aromatic ring is 1. The predicted molar refractivity (Wildman–Crippen MR) is 122 cm³/mol. The number of para-hydroxylation sites is 1. The lowest BCUT2D eigenvalue weighted by molar-refractivity contribution is 0.0643. The summed E-state index contributed by atoms with van der Waals surface area (Å²) in [6.07, 6.45) is 6.53. The number of rotatable bonds is 5. The lowest BCUT2D eigenvalue weighted by atomic mass is 9.93. The summed E-state index contributed by atoms with van der Waals surface area (Å²) in [5.41, 5.74) is 9.96. The Bertz CT molecular complexity index is 1060. The number of carbonyl (C=O) groups excluding carboxylic acids is 1. The van der Waals surface area contributed by atoms with Crippen LogP contribution in [0.25, 0.3) is 22.0 Å². The molecule has 1 saturated carbocycles. The normalized spacial score (nSPS) is 14.7. The van der Waals surface area contributed by atoms with Crippen molar-refractivity contribution in [3.8, 4) is 11.1 Å². The fraction of sp³-hybridized carbons (Fsp3) is 0.400. The molecule has 5 nitrogen and oxygen atoms in total. The Kier molecular flexibility index (Phi) is 5.98. The summed E-state index contributed by atoms with van der Waals surface area (Å²) in [6, 6.07) is 14.1. The zero-order chi connectivity index (χ0) is 21.1. The first kappa shape index (κ1) is 20.3. The molecule has 0 aliphatic heterocycles. The van der Waals surface area contributed by atoms with Crippen LogP contribution in [-0.4, -0.2) is 33.4 Å². The van der Waals surface area contributed by atoms with Gasteiger partial charge in [0.15, 0.2) is 0 Å². The predicted octanol–water partition coefficient (Wildman–Crippen LogP) is 5.24. The van der Waals surface area contributed by atoms with Crippen molar-refractivity contribution in [1.82, 2.24) is 14.9 Å². The lowest BCUT2D eigenvalue weighted by Gasteiger charge is -2.34. The molecular weight excluding hydrogens is 372 g/mol. The van der Waals surface area contributed by atoms with E-state index in [2.05, 4.69) is 24.9 Å². The molecule has 1 aliphatic carbocycles. The highest BCUT2D eigenvalue weighted by Crippen LogP contribution is 2.32. The van der Waals surface area contributed by atoms with Crippen LogP contribution >= 0.6 is 0 Å². The topological polar surface area (TPSA) is 72.1 Å². The molecule has 3 aromatic rings. The van der Waals surface area contributed by atoms with Crippen molar-refractivity contribution in [2.24, 2.45) is 0 Å². The van der Waals surface area contributed by atoms with Crippen LogP contribution in [0, 0.1) is 0 Å². The van der Waals surface area contributed by atoms with Gasteiger partial charge in [-0.05, 0) is 50.5 Å². The van der Waals surface area contributed by atoms with Crippen LogP contribution in [0.15, 0.2) is 42.5 Å². The van der Waals surface area contributed by atoms with E-state index in [9.17, 15) is 4.79 Å². The molecule has 0 unspecified atom stereocenters. The largest absolute Gasteiger partial charge is 0.384 e. The average molecular weight is 403 g/mol. The monoisotopic (exact) mass is 402 g/mol. The Balaban J connectivity index is 1.87. The van der Waals surface area contributed by atoms with E-state index in [0.29, 0.717) is 24.1 Å². The van der Waals surface area contributed by atoms with Crippen molar-refractivity contribution in [1.29, 1.82) is 0 Å². The molecule has 0 bridgehead atoms. The molecule has 2 heterocycles. The molecule has 5 heteroatoms. The Labute approximate surface area is 178 Å². The second-order valence-electron chi connectivity index (χ2n) is 8.04.